The van der Waals surface area contributed by atoms with Gasteiger partial charge in [-0.2, -0.15) is 0 Å². The Bertz CT molecular complexity index is 584. The zero-order chi connectivity index (χ0) is 13.9. The van der Waals surface area contributed by atoms with E-state index in [1.54, 1.807) is 24.5 Å². The molecule has 1 aromatic heterocycles. The number of halogens is 1. The number of rotatable bonds is 3. The van der Waals surface area contributed by atoms with Crippen LogP contribution in [-0.4, -0.2) is 15.9 Å². The first kappa shape index (κ1) is 13.5. The number of anilines is 1. The second-order valence-corrected chi connectivity index (χ2v) is 5.04. The van der Waals surface area contributed by atoms with Crippen molar-refractivity contribution in [2.24, 2.45) is 0 Å². The molecule has 0 atom stereocenters. The first-order valence-corrected chi connectivity index (χ1v) is 6.23. The zero-order valence-electron chi connectivity index (χ0n) is 10.7. The lowest BCUT2D eigenvalue weighted by atomic mass is 9.83. The molecule has 0 radical (unpaired) electrons. The predicted molar refractivity (Wildman–Crippen MR) is 75.1 cm³/mol. The summed E-state index contributed by atoms with van der Waals surface area (Å²) in [7, 11) is 0. The molecule has 2 rings (SSSR count). The Kier molecular flexibility index (Phi) is 3.81. The van der Waals surface area contributed by atoms with Gasteiger partial charge in [0, 0.05) is 17.4 Å². The molecule has 19 heavy (non-hydrogen) atoms. The van der Waals surface area contributed by atoms with Crippen molar-refractivity contribution >= 4 is 23.5 Å². The average molecular weight is 276 g/mol. The average Bonchev–Trinajstić information content (AvgIpc) is 2.40. The number of carbonyl (C=O) groups is 1. The van der Waals surface area contributed by atoms with Crippen molar-refractivity contribution in [3.8, 4) is 0 Å². The third-order valence-electron chi connectivity index (χ3n) is 2.91. The maximum atomic E-state index is 12.3. The van der Waals surface area contributed by atoms with Crippen LogP contribution in [0.1, 0.15) is 19.4 Å². The van der Waals surface area contributed by atoms with Gasteiger partial charge in [-0.05, 0) is 31.5 Å². The normalized spacial score (nSPS) is 11.1. The van der Waals surface area contributed by atoms with Crippen LogP contribution in [0.4, 0.5) is 5.95 Å². The van der Waals surface area contributed by atoms with Gasteiger partial charge in [-0.1, -0.05) is 29.8 Å². The Hall–Kier alpha value is -1.94. The maximum Gasteiger partial charge on any atom is 0.236 e. The Morgan fingerprint density at radius 2 is 1.79 bits per heavy atom. The van der Waals surface area contributed by atoms with Crippen LogP contribution in [0.15, 0.2) is 42.7 Å². The van der Waals surface area contributed by atoms with Crippen LogP contribution in [0, 0.1) is 0 Å². The lowest BCUT2D eigenvalue weighted by Crippen LogP contribution is -2.35. The van der Waals surface area contributed by atoms with Gasteiger partial charge in [-0.3, -0.25) is 10.1 Å². The Morgan fingerprint density at radius 3 is 2.42 bits per heavy atom. The maximum absolute atomic E-state index is 12.3. The molecule has 0 fully saturated rings. The minimum Gasteiger partial charge on any atom is -0.294 e. The number of aromatic nitrogens is 2. The summed E-state index contributed by atoms with van der Waals surface area (Å²) in [6.07, 6.45) is 3.15. The van der Waals surface area contributed by atoms with Gasteiger partial charge in [0.25, 0.3) is 0 Å². The number of nitrogens with zero attached hydrogens (tertiary/aromatic N) is 2. The minimum absolute atomic E-state index is 0.202. The monoisotopic (exact) mass is 275 g/mol. The van der Waals surface area contributed by atoms with Crippen LogP contribution in [0.2, 0.25) is 5.02 Å². The van der Waals surface area contributed by atoms with Crippen molar-refractivity contribution in [2.75, 3.05) is 5.32 Å². The molecular formula is C14H14ClN3O. The van der Waals surface area contributed by atoms with Crippen LogP contribution in [0.25, 0.3) is 0 Å². The van der Waals surface area contributed by atoms with Crippen molar-refractivity contribution in [3.05, 3.63) is 53.3 Å². The highest BCUT2D eigenvalue weighted by Gasteiger charge is 2.32. The van der Waals surface area contributed by atoms with Gasteiger partial charge >= 0.3 is 0 Å². The van der Waals surface area contributed by atoms with Gasteiger partial charge in [0.1, 0.15) is 0 Å². The summed E-state index contributed by atoms with van der Waals surface area (Å²) in [4.78, 5) is 20.3. The quantitative estimate of drug-likeness (QED) is 0.937. The molecule has 0 saturated carbocycles. The van der Waals surface area contributed by atoms with Crippen LogP contribution >= 0.6 is 11.6 Å². The summed E-state index contributed by atoms with van der Waals surface area (Å²) in [5.74, 6) is 0.0828. The van der Waals surface area contributed by atoms with E-state index in [9.17, 15) is 4.79 Å². The third kappa shape index (κ3) is 2.90. The van der Waals surface area contributed by atoms with Crippen LogP contribution < -0.4 is 5.32 Å². The smallest absolute Gasteiger partial charge is 0.236 e. The Balaban J connectivity index is 2.25. The molecule has 2 aromatic rings. The van der Waals surface area contributed by atoms with Crippen molar-refractivity contribution in [1.82, 2.24) is 9.97 Å². The van der Waals surface area contributed by atoms with Crippen LogP contribution in [-0.2, 0) is 10.2 Å². The van der Waals surface area contributed by atoms with Crippen molar-refractivity contribution in [1.29, 1.82) is 0 Å². The first-order valence-electron chi connectivity index (χ1n) is 5.85. The van der Waals surface area contributed by atoms with Crippen molar-refractivity contribution in [2.45, 2.75) is 19.3 Å². The molecule has 98 valence electrons. The van der Waals surface area contributed by atoms with E-state index in [1.807, 2.05) is 32.0 Å². The molecule has 0 aliphatic rings. The second-order valence-electron chi connectivity index (χ2n) is 4.63. The van der Waals surface area contributed by atoms with Gasteiger partial charge in [0.15, 0.2) is 0 Å². The number of hydrogen-bond acceptors (Lipinski definition) is 3. The standard InChI is InChI=1S/C14H14ClN3O/c1-14(2,10-6-3-4-7-11(10)15)12(19)18-13-16-8-5-9-17-13/h3-9H,1-2H3,(H,16,17,18,19). The fourth-order valence-electron chi connectivity index (χ4n) is 1.71. The van der Waals surface area contributed by atoms with E-state index in [4.69, 9.17) is 11.6 Å². The van der Waals surface area contributed by atoms with Gasteiger partial charge in [-0.25, -0.2) is 9.97 Å². The molecule has 0 spiro atoms. The molecule has 0 aliphatic heterocycles. The highest BCUT2D eigenvalue weighted by molar-refractivity contribution is 6.31. The lowest BCUT2D eigenvalue weighted by Gasteiger charge is -2.24. The summed E-state index contributed by atoms with van der Waals surface area (Å²) in [6.45, 7) is 3.62. The van der Waals surface area contributed by atoms with E-state index >= 15 is 0 Å². The fraction of sp³-hybridized carbons (Fsp3) is 0.214. The number of benzene rings is 1. The molecule has 0 bridgehead atoms. The van der Waals surface area contributed by atoms with Gasteiger partial charge in [0.05, 0.1) is 5.41 Å². The molecule has 5 heteroatoms. The van der Waals surface area contributed by atoms with Gasteiger partial charge < -0.3 is 0 Å². The van der Waals surface area contributed by atoms with Gasteiger partial charge in [0.2, 0.25) is 11.9 Å². The minimum atomic E-state index is -0.766. The largest absolute Gasteiger partial charge is 0.294 e. The molecule has 1 heterocycles. The molecule has 4 nitrogen and oxygen atoms in total. The summed E-state index contributed by atoms with van der Waals surface area (Å²) in [6, 6.07) is 8.99. The van der Waals surface area contributed by atoms with E-state index in [2.05, 4.69) is 15.3 Å². The van der Waals surface area contributed by atoms with Gasteiger partial charge in [-0.15, -0.1) is 0 Å². The van der Waals surface area contributed by atoms with Crippen molar-refractivity contribution < 1.29 is 4.79 Å². The number of hydrogen-bond donors (Lipinski definition) is 1. The SMILES string of the molecule is CC(C)(C(=O)Nc1ncccn1)c1ccccc1Cl. The molecule has 1 aromatic carbocycles. The van der Waals surface area contributed by atoms with Crippen molar-refractivity contribution in [3.63, 3.8) is 0 Å². The number of nitrogens with one attached hydrogen (secondary N) is 1. The molecular weight excluding hydrogens is 262 g/mol. The predicted octanol–water partition coefficient (Wildman–Crippen LogP) is 3.05. The van der Waals surface area contributed by atoms with E-state index in [1.165, 1.54) is 0 Å². The highest BCUT2D eigenvalue weighted by Crippen LogP contribution is 2.30. The lowest BCUT2D eigenvalue weighted by molar-refractivity contribution is -0.120. The molecule has 0 aliphatic carbocycles. The second kappa shape index (κ2) is 5.36. The molecule has 1 N–H and O–H groups in total. The summed E-state index contributed by atoms with van der Waals surface area (Å²) in [5.41, 5.74) is 0.00228. The summed E-state index contributed by atoms with van der Waals surface area (Å²) < 4.78 is 0. The highest BCUT2D eigenvalue weighted by atomic mass is 35.5. The molecule has 0 unspecified atom stereocenters. The fourth-order valence-corrected chi connectivity index (χ4v) is 2.08. The number of carbonyl (C=O) groups excluding carboxylic acids is 1. The zero-order valence-corrected chi connectivity index (χ0v) is 11.5. The topological polar surface area (TPSA) is 54.9 Å². The Morgan fingerprint density at radius 1 is 1.16 bits per heavy atom. The van der Waals surface area contributed by atoms with Crippen LogP contribution in [0.5, 0.6) is 0 Å². The Labute approximate surface area is 116 Å². The van der Waals surface area contributed by atoms with E-state index < -0.39 is 5.41 Å². The third-order valence-corrected chi connectivity index (χ3v) is 3.24. The molecule has 0 saturated heterocycles. The molecule has 1 amide bonds. The number of amides is 1. The van der Waals surface area contributed by atoms with E-state index in [0.29, 0.717) is 5.02 Å². The van der Waals surface area contributed by atoms with Crippen LogP contribution in [0.3, 0.4) is 0 Å². The van der Waals surface area contributed by atoms with E-state index in [-0.39, 0.29) is 11.9 Å². The summed E-state index contributed by atoms with van der Waals surface area (Å²) in [5, 5.41) is 3.25. The van der Waals surface area contributed by atoms with E-state index in [0.717, 1.165) is 5.56 Å². The first-order chi connectivity index (χ1) is 9.01. The summed E-state index contributed by atoms with van der Waals surface area (Å²) >= 11 is 6.14.